The molecule has 7 heteroatoms. The maximum absolute atomic E-state index is 12.4. The number of hydrogen-bond donors (Lipinski definition) is 1. The van der Waals surface area contributed by atoms with Crippen LogP contribution in [0.5, 0.6) is 0 Å². The van der Waals surface area contributed by atoms with Crippen molar-refractivity contribution in [3.05, 3.63) is 21.4 Å². The molecule has 0 amide bonds. The van der Waals surface area contributed by atoms with E-state index in [0.717, 1.165) is 0 Å². The fourth-order valence-electron chi connectivity index (χ4n) is 2.03. The van der Waals surface area contributed by atoms with Gasteiger partial charge in [-0.25, -0.2) is 0 Å². The first-order chi connectivity index (χ1) is 8.42. The first-order valence-corrected chi connectivity index (χ1v) is 6.12. The molecule has 0 spiro atoms. The minimum Gasteiger partial charge on any atom is -0.490 e. The Morgan fingerprint density at radius 2 is 1.50 bits per heavy atom. The molecule has 0 aliphatic carbocycles. The summed E-state index contributed by atoms with van der Waals surface area (Å²) in [6.45, 7) is 11.2. The summed E-state index contributed by atoms with van der Waals surface area (Å²) in [5.74, 6) is -0.768. The summed E-state index contributed by atoms with van der Waals surface area (Å²) in [6.07, 6.45) is 0. The van der Waals surface area contributed by atoms with Gasteiger partial charge in [-0.3, -0.25) is 14.2 Å². The Morgan fingerprint density at radius 3 is 1.75 bits per heavy atom. The summed E-state index contributed by atoms with van der Waals surface area (Å²) >= 11 is 0. The van der Waals surface area contributed by atoms with Gasteiger partial charge in [0.2, 0.25) is 0 Å². The number of carbonyl (C=O) groups excluding carboxylic acids is 1. The summed E-state index contributed by atoms with van der Waals surface area (Å²) in [7, 11) is 1.21. The van der Waals surface area contributed by atoms with Crippen LogP contribution in [0, 0.1) is 5.41 Å². The van der Waals surface area contributed by atoms with Gasteiger partial charge in [0.25, 0.3) is 0 Å². The van der Waals surface area contributed by atoms with E-state index >= 15 is 0 Å². The van der Waals surface area contributed by atoms with Crippen molar-refractivity contribution in [2.24, 2.45) is 0 Å². The van der Waals surface area contributed by atoms with Gasteiger partial charge in [0, 0.05) is 5.49 Å². The second-order valence-electron chi connectivity index (χ2n) is 6.49. The van der Waals surface area contributed by atoms with Crippen molar-refractivity contribution in [1.29, 1.82) is 5.41 Å². The molecule has 1 rings (SSSR count). The van der Waals surface area contributed by atoms with Gasteiger partial charge >= 0.3 is 29.6 Å². The Labute approximate surface area is 140 Å². The van der Waals surface area contributed by atoms with Crippen molar-refractivity contribution in [3.8, 4) is 0 Å². The zero-order valence-electron chi connectivity index (χ0n) is 13.6. The largest absolute Gasteiger partial charge is 1.00 e. The number of ether oxygens (including phenoxy) is 1. The van der Waals surface area contributed by atoms with Gasteiger partial charge < -0.3 is 14.9 Å². The van der Waals surface area contributed by atoms with E-state index in [1.807, 2.05) is 41.5 Å². The molecule has 0 saturated carbocycles. The van der Waals surface area contributed by atoms with Crippen LogP contribution in [0.4, 0.5) is 0 Å². The van der Waals surface area contributed by atoms with Crippen LogP contribution in [0.3, 0.4) is 0 Å². The first kappa shape index (κ1) is 19.3. The van der Waals surface area contributed by atoms with Crippen molar-refractivity contribution < 1.29 is 39.1 Å². The molecule has 0 radical (unpaired) electrons. The Balaban J connectivity index is 0.00000361. The summed E-state index contributed by atoms with van der Waals surface area (Å²) in [5.41, 5.74) is -1.84. The van der Waals surface area contributed by atoms with E-state index < -0.39 is 22.6 Å². The molecule has 20 heavy (non-hydrogen) atoms. The normalized spacial score (nSPS) is 11.9. The Morgan fingerprint density at radius 1 is 1.10 bits per heavy atom. The number of nitrogens with one attached hydrogen (secondary N) is 1. The summed E-state index contributed by atoms with van der Waals surface area (Å²) < 4.78 is 7.60. The van der Waals surface area contributed by atoms with Gasteiger partial charge in [0.15, 0.2) is 5.97 Å². The zero-order valence-corrected chi connectivity index (χ0v) is 15.6. The zero-order chi connectivity index (χ0) is 15.2. The van der Waals surface area contributed by atoms with Crippen molar-refractivity contribution in [3.63, 3.8) is 0 Å². The summed E-state index contributed by atoms with van der Waals surface area (Å²) in [4.78, 5) is 24.1. The third-order valence-corrected chi connectivity index (χ3v) is 2.72. The van der Waals surface area contributed by atoms with Crippen molar-refractivity contribution in [2.75, 3.05) is 7.11 Å². The molecule has 1 aromatic heterocycles. The second-order valence-corrected chi connectivity index (χ2v) is 6.49. The number of aromatic nitrogens is 2. The van der Waals surface area contributed by atoms with E-state index in [1.54, 1.807) is 4.68 Å². The molecular formula is C13H22N3NaO3. The van der Waals surface area contributed by atoms with Gasteiger partial charge in [-0.1, -0.05) is 0 Å². The first-order valence-electron chi connectivity index (χ1n) is 6.12. The molecule has 1 heterocycles. The number of esters is 1. The molecule has 1 aromatic rings. The van der Waals surface area contributed by atoms with Crippen LogP contribution in [0.2, 0.25) is 0 Å². The molecule has 0 fully saturated rings. The van der Waals surface area contributed by atoms with Crippen LogP contribution < -0.4 is 40.6 Å². The van der Waals surface area contributed by atoms with E-state index in [4.69, 9.17) is 5.41 Å². The molecule has 0 bridgehead atoms. The van der Waals surface area contributed by atoms with Crippen molar-refractivity contribution >= 4 is 5.97 Å². The van der Waals surface area contributed by atoms with E-state index in [9.17, 15) is 9.59 Å². The molecule has 0 atom stereocenters. The van der Waals surface area contributed by atoms with Crippen LogP contribution in [-0.2, 0) is 15.8 Å². The SMILES string of the molecule is COC(=O)[c-]1c(=N)n(C(C)(C)C)n(C(C)(C)C)c1=O.[Na+]. The van der Waals surface area contributed by atoms with E-state index in [0.29, 0.717) is 0 Å². The average Bonchev–Trinajstić information content (AvgIpc) is 2.48. The van der Waals surface area contributed by atoms with Gasteiger partial charge in [-0.05, 0) is 41.5 Å². The third-order valence-electron chi connectivity index (χ3n) is 2.72. The standard InChI is InChI=1S/C13H22N3O3.Na/c1-12(2,3)15-9(14)8(11(18)19-7)10(17)16(15)13(4,5)6;/h14H,1-7H3;/q-1;+1. The molecule has 1 N–H and O–H groups in total. The minimum atomic E-state index is -0.768. The van der Waals surface area contributed by atoms with Crippen LogP contribution in [0.1, 0.15) is 51.9 Å². The number of nitrogens with zero attached hydrogens (tertiary/aromatic N) is 2. The van der Waals surface area contributed by atoms with Crippen LogP contribution in [-0.4, -0.2) is 22.4 Å². The van der Waals surface area contributed by atoms with Crippen LogP contribution in [0.25, 0.3) is 0 Å². The predicted octanol–water partition coefficient (Wildman–Crippen LogP) is -1.85. The van der Waals surface area contributed by atoms with Crippen LogP contribution in [0.15, 0.2) is 4.79 Å². The van der Waals surface area contributed by atoms with Crippen molar-refractivity contribution in [2.45, 2.75) is 52.6 Å². The average molecular weight is 291 g/mol. The Kier molecular flexibility index (Phi) is 5.74. The van der Waals surface area contributed by atoms with Gasteiger partial charge in [-0.15, -0.1) is 5.56 Å². The summed E-state index contributed by atoms with van der Waals surface area (Å²) in [6, 6.07) is 0. The van der Waals surface area contributed by atoms with Gasteiger partial charge in [0.05, 0.1) is 18.2 Å². The molecule has 0 unspecified atom stereocenters. The smallest absolute Gasteiger partial charge is 0.490 e. The molecule has 6 nitrogen and oxygen atoms in total. The molecule has 108 valence electrons. The van der Waals surface area contributed by atoms with E-state index in [1.165, 1.54) is 11.8 Å². The van der Waals surface area contributed by atoms with Crippen LogP contribution >= 0.6 is 0 Å². The monoisotopic (exact) mass is 291 g/mol. The number of hydrogen-bond acceptors (Lipinski definition) is 4. The van der Waals surface area contributed by atoms with Crippen molar-refractivity contribution in [1.82, 2.24) is 9.36 Å². The Hall–Kier alpha value is -0.720. The molecular weight excluding hydrogens is 269 g/mol. The van der Waals surface area contributed by atoms with E-state index in [-0.39, 0.29) is 40.6 Å². The maximum Gasteiger partial charge on any atom is 1.00 e. The van der Waals surface area contributed by atoms with E-state index in [2.05, 4.69) is 4.74 Å². The molecule has 0 aromatic carbocycles. The number of methoxy groups -OCH3 is 1. The second kappa shape index (κ2) is 5.95. The topological polar surface area (TPSA) is 77.1 Å². The molecule has 0 aliphatic rings. The molecule has 0 aliphatic heterocycles. The third kappa shape index (κ3) is 3.30. The fourth-order valence-corrected chi connectivity index (χ4v) is 2.03. The van der Waals surface area contributed by atoms with Gasteiger partial charge in [0.1, 0.15) is 5.56 Å². The Bertz CT molecular complexity index is 563. The van der Waals surface area contributed by atoms with Gasteiger partial charge in [-0.2, -0.15) is 0 Å². The molecule has 0 saturated heterocycles. The maximum atomic E-state index is 12.4. The quantitative estimate of drug-likeness (QED) is 0.375. The summed E-state index contributed by atoms with van der Waals surface area (Å²) in [5, 5.41) is 8.12. The number of carbonyl (C=O) groups is 1. The number of rotatable bonds is 1. The predicted molar refractivity (Wildman–Crippen MR) is 71.5 cm³/mol. The minimum absolute atomic E-state index is 0. The fraction of sp³-hybridized carbons (Fsp3) is 0.692.